The third-order valence-electron chi connectivity index (χ3n) is 4.96. The van der Waals surface area contributed by atoms with Gasteiger partial charge in [0, 0.05) is 37.6 Å². The SMILES string of the molecule is CCN1CCN(c2ccc(NC(=O)COC(=O)Cc3ccc(F)cc3)cc2)CC1. The van der Waals surface area contributed by atoms with Gasteiger partial charge < -0.3 is 19.9 Å². The zero-order valence-electron chi connectivity index (χ0n) is 16.6. The van der Waals surface area contributed by atoms with Gasteiger partial charge >= 0.3 is 5.97 Å². The van der Waals surface area contributed by atoms with Gasteiger partial charge in [-0.15, -0.1) is 0 Å². The second-order valence-corrected chi connectivity index (χ2v) is 6.98. The van der Waals surface area contributed by atoms with Crippen LogP contribution in [0.25, 0.3) is 0 Å². The van der Waals surface area contributed by atoms with E-state index in [0.717, 1.165) is 38.4 Å². The molecule has 1 heterocycles. The van der Waals surface area contributed by atoms with Crippen molar-refractivity contribution in [2.75, 3.05) is 49.5 Å². The molecule has 7 heteroatoms. The maximum absolute atomic E-state index is 12.9. The number of nitrogens with zero attached hydrogens (tertiary/aromatic N) is 2. The van der Waals surface area contributed by atoms with E-state index in [-0.39, 0.29) is 18.8 Å². The van der Waals surface area contributed by atoms with E-state index in [9.17, 15) is 14.0 Å². The molecule has 1 fully saturated rings. The van der Waals surface area contributed by atoms with Crippen molar-refractivity contribution < 1.29 is 18.7 Å². The molecule has 0 aliphatic carbocycles. The van der Waals surface area contributed by atoms with Crippen LogP contribution in [0.5, 0.6) is 0 Å². The first-order valence-corrected chi connectivity index (χ1v) is 9.81. The number of hydrogen-bond donors (Lipinski definition) is 1. The Kier molecular flexibility index (Phi) is 7.19. The van der Waals surface area contributed by atoms with Crippen LogP contribution in [0.4, 0.5) is 15.8 Å². The Morgan fingerprint density at radius 3 is 2.28 bits per heavy atom. The van der Waals surface area contributed by atoms with E-state index in [1.807, 2.05) is 24.3 Å². The summed E-state index contributed by atoms with van der Waals surface area (Å²) in [6.07, 6.45) is -0.00640. The van der Waals surface area contributed by atoms with Crippen LogP contribution >= 0.6 is 0 Å². The van der Waals surface area contributed by atoms with Gasteiger partial charge in [-0.3, -0.25) is 9.59 Å². The lowest BCUT2D eigenvalue weighted by Crippen LogP contribution is -2.46. The number of anilines is 2. The molecule has 29 heavy (non-hydrogen) atoms. The van der Waals surface area contributed by atoms with Crippen molar-refractivity contribution in [2.24, 2.45) is 0 Å². The highest BCUT2D eigenvalue weighted by Gasteiger charge is 2.16. The zero-order chi connectivity index (χ0) is 20.6. The Hall–Kier alpha value is -2.93. The molecule has 2 aromatic carbocycles. The second kappa shape index (κ2) is 10.0. The fourth-order valence-corrected chi connectivity index (χ4v) is 3.24. The van der Waals surface area contributed by atoms with E-state index in [4.69, 9.17) is 4.74 Å². The minimum absolute atomic E-state index is 0.00640. The number of likely N-dealkylation sites (N-methyl/N-ethyl adjacent to an activating group) is 1. The number of amides is 1. The van der Waals surface area contributed by atoms with Gasteiger partial charge in [-0.2, -0.15) is 0 Å². The van der Waals surface area contributed by atoms with Gasteiger partial charge in [-0.05, 0) is 48.5 Å². The molecule has 0 aromatic heterocycles. The predicted molar refractivity (Wildman–Crippen MR) is 110 cm³/mol. The van der Waals surface area contributed by atoms with Crippen molar-refractivity contribution in [3.63, 3.8) is 0 Å². The number of carbonyl (C=O) groups excluding carboxylic acids is 2. The molecular formula is C22H26FN3O3. The monoisotopic (exact) mass is 399 g/mol. The molecule has 0 spiro atoms. The fourth-order valence-electron chi connectivity index (χ4n) is 3.24. The normalized spacial score (nSPS) is 14.5. The van der Waals surface area contributed by atoms with Crippen molar-refractivity contribution in [1.82, 2.24) is 4.90 Å². The fraction of sp³-hybridized carbons (Fsp3) is 0.364. The summed E-state index contributed by atoms with van der Waals surface area (Å²) in [7, 11) is 0. The molecule has 1 aliphatic heterocycles. The minimum Gasteiger partial charge on any atom is -0.455 e. The molecule has 0 unspecified atom stereocenters. The highest BCUT2D eigenvalue weighted by molar-refractivity contribution is 5.93. The standard InChI is InChI=1S/C22H26FN3O3/c1-2-25-11-13-26(14-12-25)20-9-7-19(8-10-20)24-21(27)16-29-22(28)15-17-3-5-18(23)6-4-17/h3-10H,2,11-16H2,1H3,(H,24,27). The molecule has 2 aromatic rings. The number of halogens is 1. The number of rotatable bonds is 7. The maximum atomic E-state index is 12.9. The Labute approximate surface area is 170 Å². The van der Waals surface area contributed by atoms with Crippen LogP contribution in [0.3, 0.4) is 0 Å². The van der Waals surface area contributed by atoms with Crippen LogP contribution in [0, 0.1) is 5.82 Å². The number of ether oxygens (including phenoxy) is 1. The van der Waals surface area contributed by atoms with E-state index in [2.05, 4.69) is 22.0 Å². The summed E-state index contributed by atoms with van der Waals surface area (Å²) in [4.78, 5) is 28.6. The van der Waals surface area contributed by atoms with Crippen molar-refractivity contribution in [3.8, 4) is 0 Å². The Morgan fingerprint density at radius 2 is 1.66 bits per heavy atom. The van der Waals surface area contributed by atoms with Crippen molar-refractivity contribution in [3.05, 3.63) is 59.9 Å². The van der Waals surface area contributed by atoms with E-state index in [1.54, 1.807) is 0 Å². The number of esters is 1. The summed E-state index contributed by atoms with van der Waals surface area (Å²) in [6.45, 7) is 6.98. The molecular weight excluding hydrogens is 373 g/mol. The first-order valence-electron chi connectivity index (χ1n) is 9.81. The largest absolute Gasteiger partial charge is 0.455 e. The summed E-state index contributed by atoms with van der Waals surface area (Å²) < 4.78 is 17.9. The van der Waals surface area contributed by atoms with Crippen LogP contribution in [0.1, 0.15) is 12.5 Å². The van der Waals surface area contributed by atoms with Crippen LogP contribution in [0.2, 0.25) is 0 Å². The Morgan fingerprint density at radius 1 is 1.00 bits per heavy atom. The first-order chi connectivity index (χ1) is 14.0. The molecule has 154 valence electrons. The van der Waals surface area contributed by atoms with Gasteiger partial charge in [0.15, 0.2) is 6.61 Å². The summed E-state index contributed by atoms with van der Waals surface area (Å²) in [5.74, 6) is -1.30. The first kappa shape index (κ1) is 20.8. The smallest absolute Gasteiger partial charge is 0.310 e. The molecule has 1 saturated heterocycles. The van der Waals surface area contributed by atoms with Crippen molar-refractivity contribution >= 4 is 23.3 Å². The Balaban J connectivity index is 1.42. The van der Waals surface area contributed by atoms with Crippen LogP contribution in [-0.4, -0.2) is 56.1 Å². The quantitative estimate of drug-likeness (QED) is 0.726. The van der Waals surface area contributed by atoms with E-state index in [0.29, 0.717) is 11.3 Å². The third kappa shape index (κ3) is 6.29. The molecule has 0 bridgehead atoms. The van der Waals surface area contributed by atoms with Gasteiger partial charge in [-0.25, -0.2) is 4.39 Å². The summed E-state index contributed by atoms with van der Waals surface area (Å²) in [5.41, 5.74) is 2.41. The maximum Gasteiger partial charge on any atom is 0.310 e. The van der Waals surface area contributed by atoms with Gasteiger partial charge in [-0.1, -0.05) is 19.1 Å². The van der Waals surface area contributed by atoms with Crippen molar-refractivity contribution in [1.29, 1.82) is 0 Å². The molecule has 1 aliphatic rings. The molecule has 0 radical (unpaired) electrons. The summed E-state index contributed by atoms with van der Waals surface area (Å²) >= 11 is 0. The van der Waals surface area contributed by atoms with Crippen LogP contribution in [-0.2, 0) is 20.7 Å². The van der Waals surface area contributed by atoms with E-state index >= 15 is 0 Å². The number of carbonyl (C=O) groups is 2. The topological polar surface area (TPSA) is 61.9 Å². The average Bonchev–Trinajstić information content (AvgIpc) is 2.74. The molecule has 0 atom stereocenters. The molecule has 6 nitrogen and oxygen atoms in total. The molecule has 1 N–H and O–H groups in total. The van der Waals surface area contributed by atoms with Crippen molar-refractivity contribution in [2.45, 2.75) is 13.3 Å². The van der Waals surface area contributed by atoms with Gasteiger partial charge in [0.05, 0.1) is 6.42 Å². The van der Waals surface area contributed by atoms with Gasteiger partial charge in [0.2, 0.25) is 0 Å². The van der Waals surface area contributed by atoms with E-state index in [1.165, 1.54) is 24.3 Å². The zero-order valence-corrected chi connectivity index (χ0v) is 16.6. The van der Waals surface area contributed by atoms with Crippen LogP contribution in [0.15, 0.2) is 48.5 Å². The number of nitrogens with one attached hydrogen (secondary N) is 1. The molecule has 0 saturated carbocycles. The minimum atomic E-state index is -0.534. The summed E-state index contributed by atoms with van der Waals surface area (Å²) in [5, 5.41) is 2.72. The summed E-state index contributed by atoms with van der Waals surface area (Å²) in [6, 6.07) is 13.3. The number of piperazine rings is 1. The Bertz CT molecular complexity index is 816. The second-order valence-electron chi connectivity index (χ2n) is 6.98. The lowest BCUT2D eigenvalue weighted by Gasteiger charge is -2.35. The lowest BCUT2D eigenvalue weighted by molar-refractivity contribution is -0.146. The van der Waals surface area contributed by atoms with E-state index < -0.39 is 11.9 Å². The lowest BCUT2D eigenvalue weighted by atomic mass is 10.1. The average molecular weight is 399 g/mol. The van der Waals surface area contributed by atoms with Gasteiger partial charge in [0.25, 0.3) is 5.91 Å². The number of hydrogen-bond acceptors (Lipinski definition) is 5. The number of benzene rings is 2. The molecule has 3 rings (SSSR count). The highest BCUT2D eigenvalue weighted by Crippen LogP contribution is 2.19. The predicted octanol–water partition coefficient (Wildman–Crippen LogP) is 2.69. The van der Waals surface area contributed by atoms with Crippen LogP contribution < -0.4 is 10.2 Å². The molecule has 1 amide bonds. The third-order valence-corrected chi connectivity index (χ3v) is 4.96. The van der Waals surface area contributed by atoms with Gasteiger partial charge in [0.1, 0.15) is 5.82 Å². The highest BCUT2D eigenvalue weighted by atomic mass is 19.1.